The summed E-state index contributed by atoms with van der Waals surface area (Å²) in [5, 5.41) is 19.8. The van der Waals surface area contributed by atoms with Gasteiger partial charge in [-0.15, -0.1) is 0 Å². The van der Waals surface area contributed by atoms with Crippen LogP contribution >= 0.6 is 0 Å². The molecule has 1 atom stereocenters. The molecule has 1 N–H and O–H groups in total. The summed E-state index contributed by atoms with van der Waals surface area (Å²) in [5.41, 5.74) is 0. The Morgan fingerprint density at radius 3 is 2.26 bits per heavy atom. The molecule has 0 radical (unpaired) electrons. The van der Waals surface area contributed by atoms with E-state index in [4.69, 9.17) is 5.26 Å². The van der Waals surface area contributed by atoms with Gasteiger partial charge in [0.1, 0.15) is 6.07 Å². The maximum atomic E-state index is 11.4. The summed E-state index contributed by atoms with van der Waals surface area (Å²) in [7, 11) is 1.52. The Balaban J connectivity index is 1.70. The fraction of sp³-hybridized carbons (Fsp3) is 0.857. The van der Waals surface area contributed by atoms with E-state index in [1.165, 1.54) is 39.2 Å². The number of amides is 1. The molecule has 1 unspecified atom stereocenters. The number of likely N-dealkylation sites (N-methyl/N-ethyl adjacent to an activating group) is 1. The number of rotatable bonds is 3. The van der Waals surface area contributed by atoms with Crippen LogP contribution in [-0.4, -0.2) is 25.0 Å². The standard InChI is InChI=1S/C14H20N4O/c1-16-14(19)12(7-15)17-18-13-10-3-8-2-9(5-10)6-11(13)4-8/h8-13H,2-6H2,1H3,(H,16,19). The minimum atomic E-state index is -0.984. The molecule has 4 rings (SSSR count). The number of nitrogens with zero attached hydrogens (tertiary/aromatic N) is 3. The molecule has 4 aliphatic carbocycles. The SMILES string of the molecule is CNC(=O)C(C#N)N=NC1C2CC3CC(C2)CC1C3. The normalized spacial score (nSPS) is 41.2. The number of azo groups is 1. The zero-order valence-electron chi connectivity index (χ0n) is 11.2. The summed E-state index contributed by atoms with van der Waals surface area (Å²) >= 11 is 0. The van der Waals surface area contributed by atoms with Crippen molar-refractivity contribution < 1.29 is 4.79 Å². The summed E-state index contributed by atoms with van der Waals surface area (Å²) in [5.74, 6) is 2.72. The average Bonchev–Trinajstić information content (AvgIpc) is 2.40. The van der Waals surface area contributed by atoms with Gasteiger partial charge in [-0.05, 0) is 55.8 Å². The van der Waals surface area contributed by atoms with Gasteiger partial charge >= 0.3 is 0 Å². The minimum absolute atomic E-state index is 0.258. The van der Waals surface area contributed by atoms with Crippen molar-refractivity contribution in [3.05, 3.63) is 0 Å². The van der Waals surface area contributed by atoms with Crippen molar-refractivity contribution in [3.8, 4) is 6.07 Å². The van der Waals surface area contributed by atoms with Crippen LogP contribution in [0.4, 0.5) is 0 Å². The summed E-state index contributed by atoms with van der Waals surface area (Å²) < 4.78 is 0. The van der Waals surface area contributed by atoms with Gasteiger partial charge in [-0.25, -0.2) is 0 Å². The van der Waals surface area contributed by atoms with Crippen LogP contribution in [0.25, 0.3) is 0 Å². The lowest BCUT2D eigenvalue weighted by atomic mass is 9.54. The summed E-state index contributed by atoms with van der Waals surface area (Å²) in [6.45, 7) is 0. The second-order valence-electron chi connectivity index (χ2n) is 6.30. The Labute approximate surface area is 113 Å². The van der Waals surface area contributed by atoms with E-state index in [9.17, 15) is 4.79 Å². The summed E-state index contributed by atoms with van der Waals surface area (Å²) in [6, 6.07) is 1.18. The fourth-order valence-corrected chi connectivity index (χ4v) is 4.50. The summed E-state index contributed by atoms with van der Waals surface area (Å²) in [4.78, 5) is 11.4. The lowest BCUT2D eigenvalue weighted by Crippen LogP contribution is -2.47. The van der Waals surface area contributed by atoms with Gasteiger partial charge in [-0.1, -0.05) is 0 Å². The quantitative estimate of drug-likeness (QED) is 0.787. The van der Waals surface area contributed by atoms with E-state index in [0.717, 1.165) is 11.8 Å². The van der Waals surface area contributed by atoms with Crippen LogP contribution in [0.15, 0.2) is 10.2 Å². The molecule has 4 saturated carbocycles. The molecule has 0 heterocycles. The van der Waals surface area contributed by atoms with Crippen LogP contribution in [0, 0.1) is 35.0 Å². The Bertz CT molecular complexity index is 411. The topological polar surface area (TPSA) is 77.6 Å². The average molecular weight is 260 g/mol. The Morgan fingerprint density at radius 2 is 1.79 bits per heavy atom. The predicted octanol–water partition coefficient (Wildman–Crippen LogP) is 1.90. The molecule has 0 aromatic rings. The molecule has 1 amide bonds. The first-order chi connectivity index (χ1) is 9.21. The predicted molar refractivity (Wildman–Crippen MR) is 69.2 cm³/mol. The number of carbonyl (C=O) groups excluding carboxylic acids is 1. The van der Waals surface area contributed by atoms with Crippen molar-refractivity contribution in [2.75, 3.05) is 7.05 Å². The molecule has 0 aromatic heterocycles. The van der Waals surface area contributed by atoms with E-state index in [2.05, 4.69) is 15.5 Å². The van der Waals surface area contributed by atoms with E-state index in [-0.39, 0.29) is 11.9 Å². The molecule has 4 fully saturated rings. The van der Waals surface area contributed by atoms with E-state index in [1.54, 1.807) is 0 Å². The molecule has 102 valence electrons. The molecule has 4 bridgehead atoms. The molecule has 0 aromatic carbocycles. The molecule has 0 aliphatic heterocycles. The maximum Gasteiger partial charge on any atom is 0.261 e. The molecular weight excluding hydrogens is 240 g/mol. The van der Waals surface area contributed by atoms with Gasteiger partial charge in [-0.3, -0.25) is 4.79 Å². The van der Waals surface area contributed by atoms with Crippen molar-refractivity contribution in [1.82, 2.24) is 5.32 Å². The van der Waals surface area contributed by atoms with Crippen LogP contribution in [-0.2, 0) is 4.79 Å². The highest BCUT2D eigenvalue weighted by atomic mass is 16.2. The monoisotopic (exact) mass is 260 g/mol. The lowest BCUT2D eigenvalue weighted by Gasteiger charge is -2.52. The van der Waals surface area contributed by atoms with E-state index < -0.39 is 6.04 Å². The van der Waals surface area contributed by atoms with Crippen molar-refractivity contribution in [3.63, 3.8) is 0 Å². The van der Waals surface area contributed by atoms with Crippen LogP contribution in [0.5, 0.6) is 0 Å². The third-order valence-electron chi connectivity index (χ3n) is 5.11. The van der Waals surface area contributed by atoms with Crippen molar-refractivity contribution in [1.29, 1.82) is 5.26 Å². The highest BCUT2D eigenvalue weighted by molar-refractivity contribution is 5.84. The second kappa shape index (κ2) is 4.92. The van der Waals surface area contributed by atoms with Crippen LogP contribution < -0.4 is 5.32 Å². The lowest BCUT2D eigenvalue weighted by molar-refractivity contribution is -0.120. The molecule has 0 spiro atoms. The van der Waals surface area contributed by atoms with Gasteiger partial charge in [0.25, 0.3) is 5.91 Å². The van der Waals surface area contributed by atoms with Gasteiger partial charge < -0.3 is 5.32 Å². The first-order valence-corrected chi connectivity index (χ1v) is 7.22. The van der Waals surface area contributed by atoms with Gasteiger partial charge in [0, 0.05) is 7.05 Å². The summed E-state index contributed by atoms with van der Waals surface area (Å²) in [6.07, 6.45) is 6.50. The maximum absolute atomic E-state index is 11.4. The Hall–Kier alpha value is -1.44. The van der Waals surface area contributed by atoms with Crippen LogP contribution in [0.2, 0.25) is 0 Å². The molecule has 4 aliphatic rings. The third-order valence-corrected chi connectivity index (χ3v) is 5.11. The number of hydrogen-bond acceptors (Lipinski definition) is 4. The zero-order chi connectivity index (χ0) is 13.4. The molecule has 5 heteroatoms. The Morgan fingerprint density at radius 1 is 1.21 bits per heavy atom. The number of hydrogen-bond donors (Lipinski definition) is 1. The minimum Gasteiger partial charge on any atom is -0.356 e. The fourth-order valence-electron chi connectivity index (χ4n) is 4.50. The van der Waals surface area contributed by atoms with Gasteiger partial charge in [0.2, 0.25) is 6.04 Å². The molecule has 0 saturated heterocycles. The number of nitrogens with one attached hydrogen (secondary N) is 1. The second-order valence-corrected chi connectivity index (χ2v) is 6.30. The van der Waals surface area contributed by atoms with Crippen molar-refractivity contribution in [2.24, 2.45) is 33.9 Å². The van der Waals surface area contributed by atoms with E-state index in [1.807, 2.05) is 6.07 Å². The smallest absolute Gasteiger partial charge is 0.261 e. The molecule has 5 nitrogen and oxygen atoms in total. The highest BCUT2D eigenvalue weighted by Crippen LogP contribution is 2.54. The van der Waals surface area contributed by atoms with E-state index >= 15 is 0 Å². The van der Waals surface area contributed by atoms with E-state index in [0.29, 0.717) is 11.8 Å². The van der Waals surface area contributed by atoms with Crippen molar-refractivity contribution >= 4 is 5.91 Å². The first kappa shape index (κ1) is 12.6. The first-order valence-electron chi connectivity index (χ1n) is 7.22. The zero-order valence-corrected chi connectivity index (χ0v) is 11.2. The molecular formula is C14H20N4O. The van der Waals surface area contributed by atoms with Crippen molar-refractivity contribution in [2.45, 2.75) is 44.2 Å². The molecule has 19 heavy (non-hydrogen) atoms. The van der Waals surface area contributed by atoms with Gasteiger partial charge in [0.15, 0.2) is 0 Å². The van der Waals surface area contributed by atoms with Crippen LogP contribution in [0.3, 0.4) is 0 Å². The van der Waals surface area contributed by atoms with Crippen LogP contribution in [0.1, 0.15) is 32.1 Å². The largest absolute Gasteiger partial charge is 0.356 e. The Kier molecular flexibility index (Phi) is 3.26. The number of carbonyl (C=O) groups is 1. The van der Waals surface area contributed by atoms with Gasteiger partial charge in [0.05, 0.1) is 6.04 Å². The van der Waals surface area contributed by atoms with Gasteiger partial charge in [-0.2, -0.15) is 15.5 Å². The number of nitriles is 1. The third kappa shape index (κ3) is 2.24. The highest BCUT2D eigenvalue weighted by Gasteiger charge is 2.48.